The fraction of sp³-hybridized carbons (Fsp3) is 0.500. The third-order valence-electron chi connectivity index (χ3n) is 4.89. The van der Waals surface area contributed by atoms with Gasteiger partial charge in [0.05, 0.1) is 0 Å². The highest BCUT2D eigenvalue weighted by Gasteiger charge is 2.21. The van der Waals surface area contributed by atoms with E-state index in [1.54, 1.807) is 6.07 Å². The lowest BCUT2D eigenvalue weighted by Crippen LogP contribution is -2.38. The number of carbonyl (C=O) groups is 2. The molecule has 0 aliphatic heterocycles. The number of benzene rings is 1. The van der Waals surface area contributed by atoms with Gasteiger partial charge < -0.3 is 14.5 Å². The van der Waals surface area contributed by atoms with Crippen LogP contribution >= 0.6 is 15.9 Å². The molecule has 1 fully saturated rings. The molecule has 6 heteroatoms. The van der Waals surface area contributed by atoms with E-state index in [0.29, 0.717) is 11.1 Å². The Kier molecular flexibility index (Phi) is 6.35. The van der Waals surface area contributed by atoms with E-state index in [9.17, 15) is 9.59 Å². The number of nitrogens with one attached hydrogen (secondary N) is 1. The van der Waals surface area contributed by atoms with Gasteiger partial charge >= 0.3 is 5.97 Å². The number of hydrogen-bond donors (Lipinski definition) is 1. The fourth-order valence-electron chi connectivity index (χ4n) is 3.45. The molecule has 1 aromatic heterocycles. The molecule has 0 saturated heterocycles. The predicted molar refractivity (Wildman–Crippen MR) is 103 cm³/mol. The van der Waals surface area contributed by atoms with Crippen molar-refractivity contribution in [1.82, 2.24) is 5.32 Å². The van der Waals surface area contributed by atoms with Gasteiger partial charge in [-0.05, 0) is 38.0 Å². The van der Waals surface area contributed by atoms with E-state index in [-0.39, 0.29) is 24.3 Å². The first-order chi connectivity index (χ1) is 12.5. The van der Waals surface area contributed by atoms with Gasteiger partial charge in [0, 0.05) is 21.5 Å². The maximum Gasteiger partial charge on any atom is 0.375 e. The SMILES string of the molecule is Cc1c(C(=O)OCC(=O)NC2CCCCCCC2)oc2ccc(Br)cc12. The number of aryl methyl sites for hydroxylation is 1. The number of carbonyl (C=O) groups excluding carboxylic acids is 2. The number of amides is 1. The Hall–Kier alpha value is -1.82. The van der Waals surface area contributed by atoms with Crippen LogP contribution in [0.2, 0.25) is 0 Å². The van der Waals surface area contributed by atoms with E-state index in [1.165, 1.54) is 19.3 Å². The van der Waals surface area contributed by atoms with Crippen LogP contribution in [0.3, 0.4) is 0 Å². The molecule has 0 bridgehead atoms. The van der Waals surface area contributed by atoms with Gasteiger partial charge in [-0.1, -0.05) is 48.0 Å². The van der Waals surface area contributed by atoms with Crippen molar-refractivity contribution in [1.29, 1.82) is 0 Å². The lowest BCUT2D eigenvalue weighted by Gasteiger charge is -2.20. The smallest absolute Gasteiger partial charge is 0.375 e. The number of esters is 1. The molecule has 5 nitrogen and oxygen atoms in total. The van der Waals surface area contributed by atoms with E-state index >= 15 is 0 Å². The first-order valence-corrected chi connectivity index (χ1v) is 9.99. The molecule has 0 radical (unpaired) electrons. The lowest BCUT2D eigenvalue weighted by atomic mass is 9.97. The van der Waals surface area contributed by atoms with Gasteiger partial charge in [0.25, 0.3) is 5.91 Å². The molecule has 0 atom stereocenters. The van der Waals surface area contributed by atoms with E-state index in [0.717, 1.165) is 35.5 Å². The zero-order chi connectivity index (χ0) is 18.5. The zero-order valence-corrected chi connectivity index (χ0v) is 16.6. The molecule has 2 aromatic rings. The van der Waals surface area contributed by atoms with Crippen molar-refractivity contribution in [2.24, 2.45) is 0 Å². The molecule has 1 aliphatic carbocycles. The molecule has 3 rings (SSSR count). The highest BCUT2D eigenvalue weighted by molar-refractivity contribution is 9.10. The Morgan fingerprint density at radius 1 is 1.19 bits per heavy atom. The maximum absolute atomic E-state index is 12.3. The van der Waals surface area contributed by atoms with Crippen LogP contribution in [0.1, 0.15) is 61.1 Å². The van der Waals surface area contributed by atoms with Crippen molar-refractivity contribution >= 4 is 38.8 Å². The van der Waals surface area contributed by atoms with Crippen LogP contribution < -0.4 is 5.32 Å². The lowest BCUT2D eigenvalue weighted by molar-refractivity contribution is -0.125. The molecule has 0 spiro atoms. The summed E-state index contributed by atoms with van der Waals surface area (Å²) < 4.78 is 11.7. The number of hydrogen-bond acceptors (Lipinski definition) is 4. The summed E-state index contributed by atoms with van der Waals surface area (Å²) in [4.78, 5) is 24.4. The third-order valence-corrected chi connectivity index (χ3v) is 5.38. The summed E-state index contributed by atoms with van der Waals surface area (Å²) in [5, 5.41) is 3.84. The van der Waals surface area contributed by atoms with Crippen LogP contribution in [0.4, 0.5) is 0 Å². The normalized spacial score (nSPS) is 16.1. The van der Waals surface area contributed by atoms with E-state index < -0.39 is 5.97 Å². The molecule has 1 aliphatic rings. The van der Waals surface area contributed by atoms with Crippen LogP contribution in [0, 0.1) is 6.92 Å². The molecule has 0 unspecified atom stereocenters. The van der Waals surface area contributed by atoms with Crippen LogP contribution in [0.5, 0.6) is 0 Å². The predicted octanol–water partition coefficient (Wildman–Crippen LogP) is 4.89. The standard InChI is InChI=1S/C20H24BrNO4/c1-13-16-11-14(21)9-10-17(16)26-19(13)20(24)25-12-18(23)22-15-7-5-3-2-4-6-8-15/h9-11,15H,2-8,12H2,1H3,(H,22,23). The highest BCUT2D eigenvalue weighted by Crippen LogP contribution is 2.28. The second-order valence-electron chi connectivity index (χ2n) is 6.88. The fourth-order valence-corrected chi connectivity index (χ4v) is 3.82. The van der Waals surface area contributed by atoms with Crippen molar-refractivity contribution in [3.8, 4) is 0 Å². The highest BCUT2D eigenvalue weighted by atomic mass is 79.9. The van der Waals surface area contributed by atoms with Gasteiger partial charge in [0.1, 0.15) is 5.58 Å². The minimum absolute atomic E-state index is 0.150. The summed E-state index contributed by atoms with van der Waals surface area (Å²) in [5.74, 6) is -0.708. The number of furan rings is 1. The minimum atomic E-state index is -0.609. The second-order valence-corrected chi connectivity index (χ2v) is 7.80. The summed E-state index contributed by atoms with van der Waals surface area (Å²) >= 11 is 3.41. The van der Waals surface area contributed by atoms with Crippen LogP contribution in [-0.4, -0.2) is 24.5 Å². The van der Waals surface area contributed by atoms with Crippen molar-refractivity contribution in [3.05, 3.63) is 34.0 Å². The van der Waals surface area contributed by atoms with Crippen molar-refractivity contribution in [2.75, 3.05) is 6.61 Å². The summed E-state index contributed by atoms with van der Waals surface area (Å²) in [5.41, 5.74) is 1.34. The van der Waals surface area contributed by atoms with Gasteiger partial charge in [0.15, 0.2) is 6.61 Å². The second kappa shape index (κ2) is 8.71. The maximum atomic E-state index is 12.3. The quantitative estimate of drug-likeness (QED) is 0.713. The Morgan fingerprint density at radius 3 is 2.62 bits per heavy atom. The Balaban J connectivity index is 1.56. The first-order valence-electron chi connectivity index (χ1n) is 9.20. The topological polar surface area (TPSA) is 68.5 Å². The average Bonchev–Trinajstić information content (AvgIpc) is 2.91. The number of rotatable bonds is 4. The van der Waals surface area contributed by atoms with Crippen molar-refractivity contribution in [3.63, 3.8) is 0 Å². The Bertz CT molecular complexity index is 790. The number of fused-ring (bicyclic) bond motifs is 1. The van der Waals surface area contributed by atoms with Gasteiger partial charge in [0.2, 0.25) is 5.76 Å². The largest absolute Gasteiger partial charge is 0.450 e. The Labute approximate surface area is 161 Å². The first kappa shape index (κ1) is 19.0. The van der Waals surface area contributed by atoms with E-state index in [2.05, 4.69) is 21.2 Å². The summed E-state index contributed by atoms with van der Waals surface area (Å²) in [7, 11) is 0. The molecule has 1 N–H and O–H groups in total. The molecule has 140 valence electrons. The van der Waals surface area contributed by atoms with Crippen LogP contribution in [0.15, 0.2) is 27.1 Å². The van der Waals surface area contributed by atoms with Crippen LogP contribution in [-0.2, 0) is 9.53 Å². The summed E-state index contributed by atoms with van der Waals surface area (Å²) in [6.45, 7) is 1.53. The zero-order valence-electron chi connectivity index (χ0n) is 15.0. The van der Waals surface area contributed by atoms with Crippen molar-refractivity contribution < 1.29 is 18.7 Å². The molecule has 1 aromatic carbocycles. The van der Waals surface area contributed by atoms with Crippen LogP contribution in [0.25, 0.3) is 11.0 Å². The van der Waals surface area contributed by atoms with Gasteiger partial charge in [-0.3, -0.25) is 4.79 Å². The van der Waals surface area contributed by atoms with Gasteiger partial charge in [-0.2, -0.15) is 0 Å². The Morgan fingerprint density at radius 2 is 1.88 bits per heavy atom. The summed E-state index contributed by atoms with van der Waals surface area (Å²) in [6.07, 6.45) is 8.00. The number of halogens is 1. The minimum Gasteiger partial charge on any atom is -0.450 e. The van der Waals surface area contributed by atoms with E-state index in [1.807, 2.05) is 19.1 Å². The third kappa shape index (κ3) is 4.67. The van der Waals surface area contributed by atoms with Gasteiger partial charge in [-0.25, -0.2) is 4.79 Å². The molecular formula is C20H24BrNO4. The number of ether oxygens (including phenoxy) is 1. The molecule has 1 heterocycles. The monoisotopic (exact) mass is 421 g/mol. The van der Waals surface area contributed by atoms with Gasteiger partial charge in [-0.15, -0.1) is 0 Å². The van der Waals surface area contributed by atoms with Crippen molar-refractivity contribution in [2.45, 2.75) is 57.9 Å². The molecular weight excluding hydrogens is 398 g/mol. The molecule has 1 saturated carbocycles. The molecule has 26 heavy (non-hydrogen) atoms. The van der Waals surface area contributed by atoms with E-state index in [4.69, 9.17) is 9.15 Å². The average molecular weight is 422 g/mol. The molecule has 1 amide bonds. The summed E-state index contributed by atoms with van der Waals surface area (Å²) in [6, 6.07) is 5.73.